The van der Waals surface area contributed by atoms with Gasteiger partial charge in [0.05, 0.1) is 21.8 Å². The van der Waals surface area contributed by atoms with E-state index in [2.05, 4.69) is 10.0 Å². The minimum absolute atomic E-state index is 0.0220. The molecule has 0 aromatic heterocycles. The molecule has 36 heavy (non-hydrogen) atoms. The number of carbonyl (C=O) groups is 2. The molecule has 0 radical (unpaired) electrons. The van der Waals surface area contributed by atoms with Gasteiger partial charge in [-0.3, -0.25) is 14.3 Å². The van der Waals surface area contributed by atoms with Crippen LogP contribution in [0.5, 0.6) is 0 Å². The Morgan fingerprint density at radius 2 is 1.50 bits per heavy atom. The van der Waals surface area contributed by atoms with Gasteiger partial charge in [0.2, 0.25) is 0 Å². The molecule has 3 aromatic rings. The Balaban J connectivity index is 1.59. The molecule has 0 spiro atoms. The lowest BCUT2D eigenvalue weighted by Gasteiger charge is -2.27. The van der Waals surface area contributed by atoms with Crippen LogP contribution in [0.25, 0.3) is 0 Å². The molecule has 0 saturated carbocycles. The quantitative estimate of drug-likeness (QED) is 0.476. The van der Waals surface area contributed by atoms with Gasteiger partial charge in [-0.05, 0) is 87.1 Å². The van der Waals surface area contributed by atoms with E-state index in [1.165, 1.54) is 6.07 Å². The van der Waals surface area contributed by atoms with E-state index >= 15 is 0 Å². The van der Waals surface area contributed by atoms with Gasteiger partial charge in [0, 0.05) is 18.7 Å². The van der Waals surface area contributed by atoms with Gasteiger partial charge in [0.25, 0.3) is 21.8 Å². The number of hydrogen-bond donors (Lipinski definition) is 2. The second-order valence-electron chi connectivity index (χ2n) is 9.19. The summed E-state index contributed by atoms with van der Waals surface area (Å²) in [5.74, 6) is -0.604. The van der Waals surface area contributed by atoms with Crippen LogP contribution >= 0.6 is 0 Å². The van der Waals surface area contributed by atoms with Gasteiger partial charge in [-0.2, -0.15) is 0 Å². The molecule has 1 fully saturated rings. The van der Waals surface area contributed by atoms with Crippen LogP contribution in [0.4, 0.5) is 11.4 Å². The number of likely N-dealkylation sites (tertiary alicyclic amines) is 1. The lowest BCUT2D eigenvalue weighted by Crippen LogP contribution is -2.36. The maximum atomic E-state index is 13.2. The summed E-state index contributed by atoms with van der Waals surface area (Å²) < 4.78 is 29.1. The number of piperidine rings is 1. The van der Waals surface area contributed by atoms with E-state index in [0.717, 1.165) is 30.4 Å². The molecule has 4 rings (SSSR count). The topological polar surface area (TPSA) is 95.6 Å². The maximum Gasteiger partial charge on any atom is 0.262 e. The number of benzene rings is 3. The molecule has 1 aliphatic heterocycles. The Morgan fingerprint density at radius 1 is 0.806 bits per heavy atom. The van der Waals surface area contributed by atoms with Crippen molar-refractivity contribution in [2.75, 3.05) is 23.1 Å². The van der Waals surface area contributed by atoms with Crippen molar-refractivity contribution in [1.29, 1.82) is 0 Å². The first-order valence-corrected chi connectivity index (χ1v) is 13.5. The van der Waals surface area contributed by atoms with Gasteiger partial charge in [-0.1, -0.05) is 30.3 Å². The van der Waals surface area contributed by atoms with Gasteiger partial charge in [0.15, 0.2) is 0 Å². The Bertz CT molecular complexity index is 1410. The van der Waals surface area contributed by atoms with Gasteiger partial charge in [-0.25, -0.2) is 8.42 Å². The van der Waals surface area contributed by atoms with Gasteiger partial charge >= 0.3 is 0 Å². The lowest BCUT2D eigenvalue weighted by atomic mass is 10.1. The molecule has 1 aliphatic rings. The Morgan fingerprint density at radius 3 is 2.25 bits per heavy atom. The molecule has 8 heteroatoms. The number of amides is 2. The molecular formula is C28H31N3O4S. The standard InChI is InChI=1S/C28H31N3O4S/c1-19-10-9-13-24(21(19)3)30-36(34,35)26-18-22(15-14-20(26)2)27(32)29-25-12-6-5-11-23(25)28(33)31-16-7-4-8-17-31/h5-6,9-15,18,30H,4,7-8,16-17H2,1-3H3,(H,29,32). The fourth-order valence-corrected chi connectivity index (χ4v) is 5.73. The largest absolute Gasteiger partial charge is 0.339 e. The van der Waals surface area contributed by atoms with Crippen LogP contribution in [-0.4, -0.2) is 38.2 Å². The summed E-state index contributed by atoms with van der Waals surface area (Å²) in [6.07, 6.45) is 3.05. The predicted octanol–water partition coefficient (Wildman–Crippen LogP) is 5.29. The van der Waals surface area contributed by atoms with Crippen molar-refractivity contribution in [2.45, 2.75) is 44.9 Å². The second kappa shape index (κ2) is 10.5. The van der Waals surface area contributed by atoms with Crippen molar-refractivity contribution in [3.63, 3.8) is 0 Å². The summed E-state index contributed by atoms with van der Waals surface area (Å²) in [7, 11) is -3.94. The predicted molar refractivity (Wildman–Crippen MR) is 142 cm³/mol. The highest BCUT2D eigenvalue weighted by Crippen LogP contribution is 2.26. The van der Waals surface area contributed by atoms with Gasteiger partial charge < -0.3 is 10.2 Å². The molecule has 1 heterocycles. The van der Waals surface area contributed by atoms with Crippen LogP contribution in [0.3, 0.4) is 0 Å². The third-order valence-electron chi connectivity index (χ3n) is 6.64. The summed E-state index contributed by atoms with van der Waals surface area (Å²) in [5, 5.41) is 2.81. The number of para-hydroxylation sites is 1. The van der Waals surface area contributed by atoms with Crippen LogP contribution in [0.2, 0.25) is 0 Å². The molecule has 188 valence electrons. The second-order valence-corrected chi connectivity index (χ2v) is 10.8. The van der Waals surface area contributed by atoms with Gasteiger partial charge in [-0.15, -0.1) is 0 Å². The molecule has 0 atom stereocenters. The van der Waals surface area contributed by atoms with E-state index in [1.807, 2.05) is 24.8 Å². The normalized spacial score (nSPS) is 13.8. The molecule has 2 amide bonds. The Hall–Kier alpha value is -3.65. The molecule has 3 aromatic carbocycles. The van der Waals surface area contributed by atoms with E-state index in [4.69, 9.17) is 0 Å². The molecule has 2 N–H and O–H groups in total. The highest BCUT2D eigenvalue weighted by atomic mass is 32.2. The van der Waals surface area contributed by atoms with E-state index in [0.29, 0.717) is 35.6 Å². The van der Waals surface area contributed by atoms with Crippen LogP contribution in [0.1, 0.15) is 56.7 Å². The molecule has 1 saturated heterocycles. The first kappa shape index (κ1) is 25.4. The smallest absolute Gasteiger partial charge is 0.262 e. The minimum Gasteiger partial charge on any atom is -0.339 e. The zero-order valence-corrected chi connectivity index (χ0v) is 21.6. The maximum absolute atomic E-state index is 13.2. The van der Waals surface area contributed by atoms with E-state index < -0.39 is 15.9 Å². The number of anilines is 2. The number of aryl methyl sites for hydroxylation is 2. The van der Waals surface area contributed by atoms with Crippen molar-refractivity contribution in [3.8, 4) is 0 Å². The summed E-state index contributed by atoms with van der Waals surface area (Å²) in [4.78, 5) is 28.1. The third kappa shape index (κ3) is 5.44. The van der Waals surface area contributed by atoms with Crippen LogP contribution in [0, 0.1) is 20.8 Å². The highest BCUT2D eigenvalue weighted by Gasteiger charge is 2.23. The average molecular weight is 506 g/mol. The lowest BCUT2D eigenvalue weighted by molar-refractivity contribution is 0.0725. The zero-order valence-electron chi connectivity index (χ0n) is 20.8. The molecule has 0 bridgehead atoms. The summed E-state index contributed by atoms with van der Waals surface area (Å²) >= 11 is 0. The van der Waals surface area contributed by atoms with Crippen LogP contribution in [-0.2, 0) is 10.0 Å². The van der Waals surface area contributed by atoms with Crippen LogP contribution < -0.4 is 10.0 Å². The molecular weight excluding hydrogens is 474 g/mol. The monoisotopic (exact) mass is 505 g/mol. The van der Waals surface area contributed by atoms with E-state index in [-0.39, 0.29) is 16.4 Å². The average Bonchev–Trinajstić information content (AvgIpc) is 2.87. The fraction of sp³-hybridized carbons (Fsp3) is 0.286. The van der Waals surface area contributed by atoms with Crippen molar-refractivity contribution in [3.05, 3.63) is 88.5 Å². The number of carbonyl (C=O) groups excluding carboxylic acids is 2. The van der Waals surface area contributed by atoms with Crippen molar-refractivity contribution >= 4 is 33.2 Å². The van der Waals surface area contributed by atoms with Crippen LogP contribution in [0.15, 0.2) is 65.6 Å². The highest BCUT2D eigenvalue weighted by molar-refractivity contribution is 7.92. The Kier molecular flexibility index (Phi) is 7.45. The molecule has 0 unspecified atom stereocenters. The SMILES string of the molecule is Cc1ccc(C(=O)Nc2ccccc2C(=O)N2CCCCC2)cc1S(=O)(=O)Nc1cccc(C)c1C. The van der Waals surface area contributed by atoms with Crippen molar-refractivity contribution < 1.29 is 18.0 Å². The van der Waals surface area contributed by atoms with E-state index in [1.54, 1.807) is 55.5 Å². The first-order chi connectivity index (χ1) is 17.2. The number of rotatable bonds is 6. The van der Waals surface area contributed by atoms with Crippen molar-refractivity contribution in [2.24, 2.45) is 0 Å². The number of nitrogens with one attached hydrogen (secondary N) is 2. The number of hydrogen-bond acceptors (Lipinski definition) is 4. The summed E-state index contributed by atoms with van der Waals surface area (Å²) in [6, 6.07) is 16.9. The van der Waals surface area contributed by atoms with Crippen molar-refractivity contribution in [1.82, 2.24) is 4.90 Å². The number of sulfonamides is 1. The molecule has 7 nitrogen and oxygen atoms in total. The summed E-state index contributed by atoms with van der Waals surface area (Å²) in [6.45, 7) is 6.86. The fourth-order valence-electron chi connectivity index (χ4n) is 4.33. The summed E-state index contributed by atoms with van der Waals surface area (Å²) in [5.41, 5.74) is 3.82. The molecule has 0 aliphatic carbocycles. The first-order valence-electron chi connectivity index (χ1n) is 12.1. The number of nitrogens with zero attached hydrogens (tertiary/aromatic N) is 1. The van der Waals surface area contributed by atoms with Gasteiger partial charge in [0.1, 0.15) is 0 Å². The minimum atomic E-state index is -3.94. The Labute approximate surface area is 212 Å². The van der Waals surface area contributed by atoms with E-state index in [9.17, 15) is 18.0 Å². The third-order valence-corrected chi connectivity index (χ3v) is 8.15. The zero-order chi connectivity index (χ0) is 25.9.